The molecule has 7 heteroatoms. The number of hydrogen-bond donors (Lipinski definition) is 0. The van der Waals surface area contributed by atoms with Crippen LogP contribution < -0.4 is 23.7 Å². The second-order valence-corrected chi connectivity index (χ2v) is 7.85. The second-order valence-electron chi connectivity index (χ2n) is 7.85. The van der Waals surface area contributed by atoms with Gasteiger partial charge in [-0.2, -0.15) is 5.10 Å². The van der Waals surface area contributed by atoms with Crippen LogP contribution in [0.5, 0.6) is 28.7 Å². The van der Waals surface area contributed by atoms with Gasteiger partial charge in [0.2, 0.25) is 12.0 Å². The summed E-state index contributed by atoms with van der Waals surface area (Å²) in [6, 6.07) is 20.0. The Kier molecular flexibility index (Phi) is 5.46. The van der Waals surface area contributed by atoms with Crippen molar-refractivity contribution < 1.29 is 23.7 Å². The third-order valence-corrected chi connectivity index (χ3v) is 6.07. The Morgan fingerprint density at radius 1 is 0.848 bits per heavy atom. The van der Waals surface area contributed by atoms with E-state index in [4.69, 9.17) is 28.8 Å². The van der Waals surface area contributed by atoms with Gasteiger partial charge in [-0.15, -0.1) is 0 Å². The van der Waals surface area contributed by atoms with Crippen LogP contribution in [0.3, 0.4) is 0 Å². The summed E-state index contributed by atoms with van der Waals surface area (Å²) < 4.78 is 28.5. The highest BCUT2D eigenvalue weighted by Gasteiger charge is 2.41. The fourth-order valence-corrected chi connectivity index (χ4v) is 4.48. The quantitative estimate of drug-likeness (QED) is 0.533. The first-order valence-electron chi connectivity index (χ1n) is 10.7. The van der Waals surface area contributed by atoms with E-state index in [1.54, 1.807) is 28.4 Å². The minimum absolute atomic E-state index is 0.0419. The molecule has 0 amide bonds. The normalized spacial score (nSPS) is 18.5. The average Bonchev–Trinajstić information content (AvgIpc) is 3.33. The third kappa shape index (κ3) is 3.59. The maximum absolute atomic E-state index is 6.48. The van der Waals surface area contributed by atoms with Crippen molar-refractivity contribution in [2.45, 2.75) is 18.7 Å². The van der Waals surface area contributed by atoms with Crippen molar-refractivity contribution in [2.75, 3.05) is 28.4 Å². The average molecular weight is 447 g/mol. The van der Waals surface area contributed by atoms with Gasteiger partial charge < -0.3 is 23.7 Å². The first kappa shape index (κ1) is 21.0. The number of rotatable bonds is 6. The zero-order chi connectivity index (χ0) is 22.9. The lowest BCUT2D eigenvalue weighted by Gasteiger charge is -2.38. The Morgan fingerprint density at radius 2 is 1.61 bits per heavy atom. The number of benzene rings is 3. The Morgan fingerprint density at radius 3 is 2.30 bits per heavy atom. The number of nitrogens with zero attached hydrogens (tertiary/aromatic N) is 2. The number of methoxy groups -OCH3 is 4. The molecule has 3 aromatic carbocycles. The van der Waals surface area contributed by atoms with Gasteiger partial charge in [0.1, 0.15) is 11.5 Å². The van der Waals surface area contributed by atoms with Crippen molar-refractivity contribution in [1.29, 1.82) is 0 Å². The van der Waals surface area contributed by atoms with E-state index < -0.39 is 6.23 Å². The molecule has 0 N–H and O–H groups in total. The molecule has 7 nitrogen and oxygen atoms in total. The van der Waals surface area contributed by atoms with Crippen LogP contribution in [0, 0.1) is 0 Å². The predicted molar refractivity (Wildman–Crippen MR) is 125 cm³/mol. The van der Waals surface area contributed by atoms with E-state index in [-0.39, 0.29) is 6.04 Å². The van der Waals surface area contributed by atoms with Crippen LogP contribution >= 0.6 is 0 Å². The second kappa shape index (κ2) is 8.58. The summed E-state index contributed by atoms with van der Waals surface area (Å²) >= 11 is 0. The van der Waals surface area contributed by atoms with Crippen molar-refractivity contribution in [1.82, 2.24) is 5.01 Å². The number of para-hydroxylation sites is 1. The van der Waals surface area contributed by atoms with Crippen LogP contribution in [0.15, 0.2) is 65.8 Å². The first-order chi connectivity index (χ1) is 16.2. The molecule has 33 heavy (non-hydrogen) atoms. The van der Waals surface area contributed by atoms with E-state index in [2.05, 4.69) is 12.1 Å². The monoisotopic (exact) mass is 446 g/mol. The summed E-state index contributed by atoms with van der Waals surface area (Å²) in [6.45, 7) is 0. The zero-order valence-corrected chi connectivity index (χ0v) is 19.1. The van der Waals surface area contributed by atoms with Crippen LogP contribution in [0.2, 0.25) is 0 Å². The highest BCUT2D eigenvalue weighted by atomic mass is 16.5. The van der Waals surface area contributed by atoms with E-state index in [0.29, 0.717) is 17.2 Å². The number of hydrogen-bond acceptors (Lipinski definition) is 7. The summed E-state index contributed by atoms with van der Waals surface area (Å²) in [5, 5.41) is 7.05. The summed E-state index contributed by atoms with van der Waals surface area (Å²) in [5.74, 6) is 3.33. The Bertz CT molecular complexity index is 1180. The van der Waals surface area contributed by atoms with E-state index >= 15 is 0 Å². The van der Waals surface area contributed by atoms with Crippen LogP contribution in [0.1, 0.15) is 35.4 Å². The van der Waals surface area contributed by atoms with Crippen molar-refractivity contribution in [3.05, 3.63) is 77.4 Å². The molecule has 0 fully saturated rings. The van der Waals surface area contributed by atoms with Gasteiger partial charge in [-0.1, -0.05) is 30.3 Å². The molecule has 0 unspecified atom stereocenters. The summed E-state index contributed by atoms with van der Waals surface area (Å²) in [4.78, 5) is 0. The highest BCUT2D eigenvalue weighted by molar-refractivity contribution is 6.02. The molecule has 5 rings (SSSR count). The van der Waals surface area contributed by atoms with Gasteiger partial charge in [-0.3, -0.25) is 0 Å². The molecule has 2 aliphatic rings. The topological polar surface area (TPSA) is 61.8 Å². The number of fused-ring (bicyclic) bond motifs is 3. The Hall–Kier alpha value is -3.87. The van der Waals surface area contributed by atoms with E-state index in [9.17, 15) is 0 Å². The fraction of sp³-hybridized carbons (Fsp3) is 0.269. The molecule has 0 saturated heterocycles. The fourth-order valence-electron chi connectivity index (χ4n) is 4.48. The van der Waals surface area contributed by atoms with E-state index in [0.717, 1.165) is 40.3 Å². The molecule has 3 aromatic rings. The highest BCUT2D eigenvalue weighted by Crippen LogP contribution is 2.49. The van der Waals surface area contributed by atoms with Crippen LogP contribution in [-0.4, -0.2) is 39.2 Å². The maximum Gasteiger partial charge on any atom is 0.214 e. The van der Waals surface area contributed by atoms with Gasteiger partial charge in [0.25, 0.3) is 0 Å². The molecular weight excluding hydrogens is 420 g/mol. The van der Waals surface area contributed by atoms with E-state index in [1.165, 1.54) is 0 Å². The zero-order valence-electron chi connectivity index (χ0n) is 19.1. The molecule has 2 aliphatic heterocycles. The molecule has 2 heterocycles. The minimum atomic E-state index is -0.457. The molecular formula is C26H26N2O5. The predicted octanol–water partition coefficient (Wildman–Crippen LogP) is 4.96. The molecule has 0 spiro atoms. The lowest BCUT2D eigenvalue weighted by Crippen LogP contribution is -2.33. The van der Waals surface area contributed by atoms with Gasteiger partial charge in [0.15, 0.2) is 11.5 Å². The third-order valence-electron chi connectivity index (χ3n) is 6.07. The molecule has 0 radical (unpaired) electrons. The van der Waals surface area contributed by atoms with Gasteiger partial charge in [0.05, 0.1) is 40.2 Å². The standard InChI is InChI=1S/C26H26N2O5/c1-29-18-9-7-8-16(12-18)20-15-21-19-10-5-6-11-22(19)33-26(28(21)27-20)17-13-23(30-2)25(32-4)24(14-17)31-3/h5-14,21,26H,15H2,1-4H3/t21-,26-/m1/s1. The number of ether oxygens (including phenoxy) is 5. The Balaban J connectivity index is 1.61. The lowest BCUT2D eigenvalue weighted by molar-refractivity contribution is -0.0192. The summed E-state index contributed by atoms with van der Waals surface area (Å²) in [7, 11) is 6.48. The van der Waals surface area contributed by atoms with Crippen LogP contribution in [-0.2, 0) is 0 Å². The molecule has 0 aliphatic carbocycles. The smallest absolute Gasteiger partial charge is 0.214 e. The van der Waals surface area contributed by atoms with Gasteiger partial charge in [0, 0.05) is 23.1 Å². The largest absolute Gasteiger partial charge is 0.497 e. The number of hydrazone groups is 1. The molecule has 0 saturated carbocycles. The molecule has 0 aromatic heterocycles. The van der Waals surface area contributed by atoms with Crippen molar-refractivity contribution >= 4 is 5.71 Å². The van der Waals surface area contributed by atoms with E-state index in [1.807, 2.05) is 53.5 Å². The van der Waals surface area contributed by atoms with Crippen LogP contribution in [0.4, 0.5) is 0 Å². The van der Waals surface area contributed by atoms with Crippen molar-refractivity contribution in [3.8, 4) is 28.7 Å². The van der Waals surface area contributed by atoms with Crippen LogP contribution in [0.25, 0.3) is 0 Å². The van der Waals surface area contributed by atoms with Gasteiger partial charge in [-0.05, 0) is 30.3 Å². The van der Waals surface area contributed by atoms with Gasteiger partial charge in [-0.25, -0.2) is 5.01 Å². The minimum Gasteiger partial charge on any atom is -0.497 e. The maximum atomic E-state index is 6.48. The first-order valence-corrected chi connectivity index (χ1v) is 10.7. The SMILES string of the molecule is COc1cccc(C2=NN3[C@H](C2)c2ccccc2O[C@@H]3c2cc(OC)c(OC)c(OC)c2)c1. The van der Waals surface area contributed by atoms with Crippen molar-refractivity contribution in [2.24, 2.45) is 5.10 Å². The molecule has 0 bridgehead atoms. The Labute approximate surface area is 193 Å². The molecule has 170 valence electrons. The lowest BCUT2D eigenvalue weighted by atomic mass is 9.96. The van der Waals surface area contributed by atoms with Crippen molar-refractivity contribution in [3.63, 3.8) is 0 Å². The summed E-state index contributed by atoms with van der Waals surface area (Å²) in [6.07, 6.45) is 0.302. The van der Waals surface area contributed by atoms with Gasteiger partial charge >= 0.3 is 0 Å². The molecule has 2 atom stereocenters. The summed E-state index contributed by atoms with van der Waals surface area (Å²) in [5.41, 5.74) is 3.99.